The molecule has 0 saturated carbocycles. The van der Waals surface area contributed by atoms with Crippen LogP contribution in [0.25, 0.3) is 0 Å². The maximum atomic E-state index is 11.7. The molecular weight excluding hydrogens is 270 g/mol. The second-order valence-corrected chi connectivity index (χ2v) is 4.39. The first-order chi connectivity index (χ1) is 8.90. The van der Waals surface area contributed by atoms with Crippen LogP contribution in [-0.4, -0.2) is 42.4 Å². The Bertz CT molecular complexity index is 478. The van der Waals surface area contributed by atoms with E-state index < -0.39 is 0 Å². The predicted molar refractivity (Wildman–Crippen MR) is 73.3 cm³/mol. The van der Waals surface area contributed by atoms with E-state index >= 15 is 0 Å². The number of nitrogens with one attached hydrogen (secondary N) is 2. The summed E-state index contributed by atoms with van der Waals surface area (Å²) < 4.78 is 0. The monoisotopic (exact) mass is 285 g/mol. The van der Waals surface area contributed by atoms with E-state index in [-0.39, 0.29) is 30.1 Å². The van der Waals surface area contributed by atoms with Crippen LogP contribution in [0.4, 0.5) is 11.5 Å². The highest BCUT2D eigenvalue weighted by Crippen LogP contribution is 2.22. The van der Waals surface area contributed by atoms with Crippen LogP contribution in [0.3, 0.4) is 0 Å². The van der Waals surface area contributed by atoms with Gasteiger partial charge in [0.25, 0.3) is 0 Å². The van der Waals surface area contributed by atoms with Gasteiger partial charge in [-0.05, 0) is 11.6 Å². The maximum Gasteiger partial charge on any atom is 0.226 e. The van der Waals surface area contributed by atoms with Gasteiger partial charge in [0.05, 0.1) is 6.20 Å². The molecule has 0 aromatic carbocycles. The first-order valence-corrected chi connectivity index (χ1v) is 6.02. The van der Waals surface area contributed by atoms with Crippen LogP contribution in [0, 0.1) is 0 Å². The minimum absolute atomic E-state index is 0.111. The normalized spacial score (nSPS) is 9.89. The van der Waals surface area contributed by atoms with Crippen LogP contribution < -0.4 is 15.5 Å². The van der Waals surface area contributed by atoms with Crippen LogP contribution in [0.15, 0.2) is 6.20 Å². The van der Waals surface area contributed by atoms with Gasteiger partial charge in [0, 0.05) is 34.0 Å². The van der Waals surface area contributed by atoms with E-state index in [0.29, 0.717) is 11.5 Å². The van der Waals surface area contributed by atoms with Gasteiger partial charge in [0.2, 0.25) is 17.1 Å². The largest absolute Gasteiger partial charge is 0.361 e. The number of nitrogens with zero attached hydrogens (tertiary/aromatic N) is 3. The molecule has 0 saturated heterocycles. The summed E-state index contributed by atoms with van der Waals surface area (Å²) in [4.78, 5) is 31.9. The topological polar surface area (TPSA) is 87.2 Å². The predicted octanol–water partition coefficient (Wildman–Crippen LogP) is 0.661. The summed E-state index contributed by atoms with van der Waals surface area (Å²) in [5.74, 6) is 0.118. The lowest BCUT2D eigenvalue weighted by Crippen LogP contribution is -2.26. The lowest BCUT2D eigenvalue weighted by atomic mass is 10.3. The number of rotatable bonds is 5. The highest BCUT2D eigenvalue weighted by molar-refractivity contribution is 6.28. The summed E-state index contributed by atoms with van der Waals surface area (Å²) in [7, 11) is 3.57. The van der Waals surface area contributed by atoms with E-state index in [4.69, 9.17) is 11.6 Å². The Morgan fingerprint density at radius 2 is 2.11 bits per heavy atom. The van der Waals surface area contributed by atoms with Gasteiger partial charge >= 0.3 is 0 Å². The number of carbonyl (C=O) groups is 2. The third kappa shape index (κ3) is 5.09. The van der Waals surface area contributed by atoms with Crippen molar-refractivity contribution in [2.75, 3.05) is 30.9 Å². The molecule has 104 valence electrons. The quantitative estimate of drug-likeness (QED) is 0.776. The molecule has 0 atom stereocenters. The van der Waals surface area contributed by atoms with Crippen LogP contribution >= 0.6 is 11.6 Å². The summed E-state index contributed by atoms with van der Waals surface area (Å²) >= 11 is 5.71. The van der Waals surface area contributed by atoms with Gasteiger partial charge in [0.15, 0.2) is 5.82 Å². The van der Waals surface area contributed by atoms with E-state index in [1.165, 1.54) is 13.1 Å². The molecule has 1 heterocycles. The first-order valence-electron chi connectivity index (χ1n) is 5.64. The Morgan fingerprint density at radius 1 is 1.42 bits per heavy atom. The molecule has 2 N–H and O–H groups in total. The summed E-state index contributed by atoms with van der Waals surface area (Å²) in [5.41, 5.74) is 0.474. The Kier molecular flexibility index (Phi) is 5.50. The number of hydrogen-bond acceptors (Lipinski definition) is 5. The van der Waals surface area contributed by atoms with Gasteiger partial charge in [0.1, 0.15) is 5.69 Å². The molecule has 0 spiro atoms. The van der Waals surface area contributed by atoms with Crippen molar-refractivity contribution < 1.29 is 9.59 Å². The standard InChI is InChI=1S/C11H16ClN5O2/c1-7(18)13-5-4-9(19)15-8-6-14-11(12)16-10(8)17(2)3/h6H,4-5H2,1-3H3,(H,13,18)(H,15,19). The van der Waals surface area contributed by atoms with E-state index in [0.717, 1.165) is 0 Å². The van der Waals surface area contributed by atoms with Crippen molar-refractivity contribution in [3.63, 3.8) is 0 Å². The number of anilines is 2. The van der Waals surface area contributed by atoms with Gasteiger partial charge in [-0.2, -0.15) is 4.98 Å². The van der Waals surface area contributed by atoms with Gasteiger partial charge in [-0.1, -0.05) is 0 Å². The minimum Gasteiger partial charge on any atom is -0.361 e. The summed E-state index contributed by atoms with van der Waals surface area (Å²) in [6.45, 7) is 1.68. The first kappa shape index (κ1) is 15.2. The van der Waals surface area contributed by atoms with Gasteiger partial charge < -0.3 is 15.5 Å². The fourth-order valence-corrected chi connectivity index (χ4v) is 1.47. The number of carbonyl (C=O) groups excluding carboxylic acids is 2. The molecule has 1 aromatic heterocycles. The van der Waals surface area contributed by atoms with Gasteiger partial charge in [-0.25, -0.2) is 4.98 Å². The van der Waals surface area contributed by atoms with Crippen molar-refractivity contribution in [2.45, 2.75) is 13.3 Å². The molecule has 8 heteroatoms. The van der Waals surface area contributed by atoms with Gasteiger partial charge in [-0.3, -0.25) is 9.59 Å². The molecule has 0 unspecified atom stereocenters. The molecular formula is C11H16ClN5O2. The van der Waals surface area contributed by atoms with Crippen LogP contribution in [0.1, 0.15) is 13.3 Å². The Balaban J connectivity index is 2.66. The SMILES string of the molecule is CC(=O)NCCC(=O)Nc1cnc(Cl)nc1N(C)C. The molecule has 1 aromatic rings. The molecule has 19 heavy (non-hydrogen) atoms. The number of halogens is 1. The Morgan fingerprint density at radius 3 is 2.68 bits per heavy atom. The zero-order valence-corrected chi connectivity index (χ0v) is 11.8. The van der Waals surface area contributed by atoms with Crippen molar-refractivity contribution in [1.29, 1.82) is 0 Å². The highest BCUT2D eigenvalue weighted by Gasteiger charge is 2.11. The third-order valence-corrected chi connectivity index (χ3v) is 2.35. The van der Waals surface area contributed by atoms with Crippen LogP contribution in [-0.2, 0) is 9.59 Å². The van der Waals surface area contributed by atoms with E-state index in [1.807, 2.05) is 0 Å². The summed E-state index contributed by atoms with van der Waals surface area (Å²) in [6, 6.07) is 0. The Hall–Kier alpha value is -1.89. The average Bonchev–Trinajstić information content (AvgIpc) is 2.30. The molecule has 0 aliphatic rings. The second-order valence-electron chi connectivity index (χ2n) is 4.05. The number of hydrogen-bond donors (Lipinski definition) is 2. The number of aromatic nitrogens is 2. The van der Waals surface area contributed by atoms with E-state index in [1.54, 1.807) is 19.0 Å². The molecule has 1 rings (SSSR count). The van der Waals surface area contributed by atoms with E-state index in [9.17, 15) is 9.59 Å². The Labute approximate surface area is 116 Å². The third-order valence-electron chi connectivity index (χ3n) is 2.16. The zero-order chi connectivity index (χ0) is 14.4. The minimum atomic E-state index is -0.234. The van der Waals surface area contributed by atoms with Crippen molar-refractivity contribution in [2.24, 2.45) is 0 Å². The van der Waals surface area contributed by atoms with Crippen molar-refractivity contribution >= 4 is 34.9 Å². The summed E-state index contributed by atoms with van der Waals surface area (Å²) in [5, 5.41) is 5.33. The zero-order valence-electron chi connectivity index (χ0n) is 11.0. The molecule has 0 radical (unpaired) electrons. The molecule has 0 aliphatic carbocycles. The van der Waals surface area contributed by atoms with Crippen LogP contribution in [0.2, 0.25) is 5.28 Å². The molecule has 7 nitrogen and oxygen atoms in total. The maximum absolute atomic E-state index is 11.7. The second kappa shape index (κ2) is 6.89. The number of amides is 2. The lowest BCUT2D eigenvalue weighted by molar-refractivity contribution is -0.119. The van der Waals surface area contributed by atoms with Crippen molar-refractivity contribution in [3.8, 4) is 0 Å². The van der Waals surface area contributed by atoms with Gasteiger partial charge in [-0.15, -0.1) is 0 Å². The lowest BCUT2D eigenvalue weighted by Gasteiger charge is -2.16. The molecule has 0 aliphatic heterocycles. The summed E-state index contributed by atoms with van der Waals surface area (Å²) in [6.07, 6.45) is 1.62. The molecule has 0 fully saturated rings. The smallest absolute Gasteiger partial charge is 0.226 e. The molecule has 2 amide bonds. The average molecular weight is 286 g/mol. The highest BCUT2D eigenvalue weighted by atomic mass is 35.5. The van der Waals surface area contributed by atoms with E-state index in [2.05, 4.69) is 20.6 Å². The fraction of sp³-hybridized carbons (Fsp3) is 0.455. The molecule has 0 bridgehead atoms. The van der Waals surface area contributed by atoms with Crippen molar-refractivity contribution in [1.82, 2.24) is 15.3 Å². The van der Waals surface area contributed by atoms with Crippen molar-refractivity contribution in [3.05, 3.63) is 11.5 Å². The fourth-order valence-electron chi connectivity index (χ4n) is 1.35. The van der Waals surface area contributed by atoms with Crippen LogP contribution in [0.5, 0.6) is 0 Å².